The number of rotatable bonds is 6. The highest BCUT2D eigenvalue weighted by molar-refractivity contribution is 5.93. The van der Waals surface area contributed by atoms with E-state index in [9.17, 15) is 4.39 Å². The summed E-state index contributed by atoms with van der Waals surface area (Å²) in [5, 5.41) is 6.43. The van der Waals surface area contributed by atoms with Gasteiger partial charge in [0.05, 0.1) is 6.10 Å². The van der Waals surface area contributed by atoms with Crippen molar-refractivity contribution in [2.45, 2.75) is 26.4 Å². The highest BCUT2D eigenvalue weighted by Gasteiger charge is 2.02. The summed E-state index contributed by atoms with van der Waals surface area (Å²) in [5.41, 5.74) is 1.87. The normalized spacial score (nSPS) is 11.5. The zero-order valence-electron chi connectivity index (χ0n) is 14.3. The highest BCUT2D eigenvalue weighted by Crippen LogP contribution is 2.16. The Hall–Kier alpha value is -2.56. The van der Waals surface area contributed by atoms with Crippen molar-refractivity contribution >= 4 is 11.6 Å². The van der Waals surface area contributed by atoms with Crippen LogP contribution in [0.1, 0.15) is 19.4 Å². The minimum Gasteiger partial charge on any atom is -0.491 e. The van der Waals surface area contributed by atoms with Crippen LogP contribution in [0, 0.1) is 5.82 Å². The molecule has 128 valence electrons. The maximum absolute atomic E-state index is 13.2. The number of nitrogens with zero attached hydrogens (tertiary/aromatic N) is 1. The van der Waals surface area contributed by atoms with Crippen LogP contribution in [-0.4, -0.2) is 25.7 Å². The fourth-order valence-corrected chi connectivity index (χ4v) is 2.22. The highest BCUT2D eigenvalue weighted by atomic mass is 19.1. The standard InChI is InChI=1S/C19H24FN3O/c1-14(2)24-18-9-7-17(8-10-18)23-19(21-3)22-12-11-15-5-4-6-16(20)13-15/h4-10,13-14H,11-12H2,1-3H3,(H2,21,22,23). The Morgan fingerprint density at radius 3 is 2.54 bits per heavy atom. The van der Waals surface area contributed by atoms with Gasteiger partial charge in [-0.25, -0.2) is 4.39 Å². The molecular formula is C19H24FN3O. The molecule has 0 amide bonds. The largest absolute Gasteiger partial charge is 0.491 e. The summed E-state index contributed by atoms with van der Waals surface area (Å²) >= 11 is 0. The first-order valence-electron chi connectivity index (χ1n) is 8.05. The summed E-state index contributed by atoms with van der Waals surface area (Å²) in [6, 6.07) is 14.3. The van der Waals surface area contributed by atoms with Gasteiger partial charge in [-0.15, -0.1) is 0 Å². The van der Waals surface area contributed by atoms with Gasteiger partial charge >= 0.3 is 0 Å². The van der Waals surface area contributed by atoms with E-state index in [1.807, 2.05) is 44.2 Å². The van der Waals surface area contributed by atoms with Crippen LogP contribution in [0.5, 0.6) is 5.75 Å². The molecule has 0 spiro atoms. The van der Waals surface area contributed by atoms with Crippen LogP contribution in [0.25, 0.3) is 0 Å². The number of anilines is 1. The molecule has 4 nitrogen and oxygen atoms in total. The number of nitrogens with one attached hydrogen (secondary N) is 2. The van der Waals surface area contributed by atoms with E-state index in [1.165, 1.54) is 6.07 Å². The molecule has 0 unspecified atom stereocenters. The molecule has 0 heterocycles. The van der Waals surface area contributed by atoms with Crippen LogP contribution in [0.3, 0.4) is 0 Å². The molecule has 0 aliphatic carbocycles. The Morgan fingerprint density at radius 1 is 1.17 bits per heavy atom. The number of halogens is 1. The maximum atomic E-state index is 13.2. The van der Waals surface area contributed by atoms with E-state index < -0.39 is 0 Å². The fraction of sp³-hybridized carbons (Fsp3) is 0.316. The van der Waals surface area contributed by atoms with Crippen molar-refractivity contribution in [1.82, 2.24) is 5.32 Å². The van der Waals surface area contributed by atoms with Gasteiger partial charge in [-0.05, 0) is 62.2 Å². The van der Waals surface area contributed by atoms with Gasteiger partial charge in [0.2, 0.25) is 0 Å². The van der Waals surface area contributed by atoms with Gasteiger partial charge < -0.3 is 15.4 Å². The average Bonchev–Trinajstić information content (AvgIpc) is 2.55. The second-order valence-corrected chi connectivity index (χ2v) is 5.69. The van der Waals surface area contributed by atoms with E-state index in [0.717, 1.165) is 23.4 Å². The van der Waals surface area contributed by atoms with E-state index in [-0.39, 0.29) is 11.9 Å². The predicted octanol–water partition coefficient (Wildman–Crippen LogP) is 3.84. The molecule has 2 rings (SSSR count). The van der Waals surface area contributed by atoms with E-state index in [0.29, 0.717) is 12.5 Å². The van der Waals surface area contributed by atoms with Gasteiger partial charge in [-0.2, -0.15) is 0 Å². The first-order chi connectivity index (χ1) is 11.6. The quantitative estimate of drug-likeness (QED) is 0.625. The summed E-state index contributed by atoms with van der Waals surface area (Å²) in [6.45, 7) is 4.66. The van der Waals surface area contributed by atoms with Crippen LogP contribution in [0.2, 0.25) is 0 Å². The van der Waals surface area contributed by atoms with Crippen molar-refractivity contribution in [3.8, 4) is 5.75 Å². The molecule has 0 saturated carbocycles. The summed E-state index contributed by atoms with van der Waals surface area (Å²) < 4.78 is 18.8. The Balaban J connectivity index is 1.83. The van der Waals surface area contributed by atoms with E-state index in [1.54, 1.807) is 19.2 Å². The zero-order chi connectivity index (χ0) is 17.4. The Labute approximate surface area is 142 Å². The molecule has 2 N–H and O–H groups in total. The van der Waals surface area contributed by atoms with E-state index >= 15 is 0 Å². The topological polar surface area (TPSA) is 45.7 Å². The van der Waals surface area contributed by atoms with Gasteiger partial charge in [0, 0.05) is 19.3 Å². The summed E-state index contributed by atoms with van der Waals surface area (Å²) in [6.07, 6.45) is 0.876. The number of hydrogen-bond acceptors (Lipinski definition) is 2. The van der Waals surface area contributed by atoms with E-state index in [2.05, 4.69) is 15.6 Å². The molecule has 0 aromatic heterocycles. The lowest BCUT2D eigenvalue weighted by Gasteiger charge is -2.13. The van der Waals surface area contributed by atoms with Gasteiger partial charge in [0.25, 0.3) is 0 Å². The van der Waals surface area contributed by atoms with Crippen molar-refractivity contribution < 1.29 is 9.13 Å². The third kappa shape index (κ3) is 5.91. The van der Waals surface area contributed by atoms with Crippen molar-refractivity contribution in [1.29, 1.82) is 0 Å². The van der Waals surface area contributed by atoms with Crippen LogP contribution in [-0.2, 0) is 6.42 Å². The zero-order valence-corrected chi connectivity index (χ0v) is 14.3. The summed E-state index contributed by atoms with van der Waals surface area (Å²) in [7, 11) is 1.72. The molecule has 0 fully saturated rings. The first kappa shape index (κ1) is 17.8. The lowest BCUT2D eigenvalue weighted by Crippen LogP contribution is -2.32. The molecule has 0 aliphatic rings. The monoisotopic (exact) mass is 329 g/mol. The summed E-state index contributed by atoms with van der Waals surface area (Å²) in [5.74, 6) is 1.30. The molecule has 5 heteroatoms. The average molecular weight is 329 g/mol. The lowest BCUT2D eigenvalue weighted by molar-refractivity contribution is 0.242. The molecule has 0 bridgehead atoms. The molecule has 2 aromatic rings. The molecule has 0 radical (unpaired) electrons. The summed E-state index contributed by atoms with van der Waals surface area (Å²) in [4.78, 5) is 4.19. The number of guanidine groups is 1. The van der Waals surface area contributed by atoms with Crippen molar-refractivity contribution in [3.63, 3.8) is 0 Å². The van der Waals surface area contributed by atoms with Crippen molar-refractivity contribution in [3.05, 3.63) is 59.9 Å². The van der Waals surface area contributed by atoms with Crippen molar-refractivity contribution in [2.75, 3.05) is 18.9 Å². The van der Waals surface area contributed by atoms with Crippen molar-refractivity contribution in [2.24, 2.45) is 4.99 Å². The lowest BCUT2D eigenvalue weighted by atomic mass is 10.1. The number of ether oxygens (including phenoxy) is 1. The van der Waals surface area contributed by atoms with Gasteiger partial charge in [0.1, 0.15) is 11.6 Å². The van der Waals surface area contributed by atoms with E-state index in [4.69, 9.17) is 4.74 Å². The Morgan fingerprint density at radius 2 is 1.92 bits per heavy atom. The number of hydrogen-bond donors (Lipinski definition) is 2. The first-order valence-corrected chi connectivity index (χ1v) is 8.05. The second-order valence-electron chi connectivity index (χ2n) is 5.69. The number of aliphatic imine (C=N–C) groups is 1. The van der Waals surface area contributed by atoms with Crippen LogP contribution in [0.15, 0.2) is 53.5 Å². The SMILES string of the molecule is CN=C(NCCc1cccc(F)c1)Nc1ccc(OC(C)C)cc1. The number of benzene rings is 2. The smallest absolute Gasteiger partial charge is 0.195 e. The Bertz CT molecular complexity index is 669. The molecule has 0 saturated heterocycles. The van der Waals surface area contributed by atoms with Gasteiger partial charge in [-0.1, -0.05) is 12.1 Å². The Kier molecular flexibility index (Phi) is 6.61. The van der Waals surface area contributed by atoms with Gasteiger partial charge in [-0.3, -0.25) is 4.99 Å². The maximum Gasteiger partial charge on any atom is 0.195 e. The van der Waals surface area contributed by atoms with Gasteiger partial charge in [0.15, 0.2) is 5.96 Å². The fourth-order valence-electron chi connectivity index (χ4n) is 2.22. The third-order valence-electron chi connectivity index (χ3n) is 3.31. The molecular weight excluding hydrogens is 305 g/mol. The van der Waals surface area contributed by atoms with Crippen LogP contribution < -0.4 is 15.4 Å². The van der Waals surface area contributed by atoms with Crippen LogP contribution >= 0.6 is 0 Å². The predicted molar refractivity (Wildman–Crippen MR) is 97.3 cm³/mol. The van der Waals surface area contributed by atoms with Crippen LogP contribution in [0.4, 0.5) is 10.1 Å². The minimum absolute atomic E-state index is 0.154. The molecule has 0 aliphatic heterocycles. The third-order valence-corrected chi connectivity index (χ3v) is 3.31. The molecule has 24 heavy (non-hydrogen) atoms. The molecule has 0 atom stereocenters. The second kappa shape index (κ2) is 8.91. The molecule has 2 aromatic carbocycles. The minimum atomic E-state index is -0.210.